The summed E-state index contributed by atoms with van der Waals surface area (Å²) in [5.41, 5.74) is 14.6. The molecule has 2 aliphatic carbocycles. The Morgan fingerprint density at radius 3 is 1.71 bits per heavy atom. The highest BCUT2D eigenvalue weighted by molar-refractivity contribution is 6.25. The SMILES string of the molecule is c1ccc(-c2ccc(-c3nc(-c4ccccc4)nc(-c4cccc(-n5c6ccccc6c6c7c(c8ccccc8c65)-c5ccccc5C75CCCCC5)c4)n3)cc2)cc1. The molecule has 0 N–H and O–H groups in total. The summed E-state index contributed by atoms with van der Waals surface area (Å²) in [5.74, 6) is 1.94. The summed E-state index contributed by atoms with van der Waals surface area (Å²) in [6.45, 7) is 0. The van der Waals surface area contributed by atoms with Crippen LogP contribution in [0.4, 0.5) is 0 Å². The molecule has 1 spiro atoms. The average Bonchev–Trinajstić information content (AvgIpc) is 3.80. The fourth-order valence-electron chi connectivity index (χ4n) is 10.4. The number of hydrogen-bond acceptors (Lipinski definition) is 3. The quantitative estimate of drug-likeness (QED) is 0.176. The first-order valence-electron chi connectivity index (χ1n) is 20.9. The van der Waals surface area contributed by atoms with Gasteiger partial charge in [0.05, 0.1) is 11.0 Å². The second-order valence-corrected chi connectivity index (χ2v) is 16.2. The molecule has 0 amide bonds. The number of nitrogens with zero attached hydrogens (tertiary/aromatic N) is 4. The van der Waals surface area contributed by atoms with Gasteiger partial charge in [-0.3, -0.25) is 0 Å². The highest BCUT2D eigenvalue weighted by Crippen LogP contribution is 2.61. The van der Waals surface area contributed by atoms with Crippen molar-refractivity contribution in [3.8, 4) is 62.1 Å². The van der Waals surface area contributed by atoms with Gasteiger partial charge >= 0.3 is 0 Å². The summed E-state index contributed by atoms with van der Waals surface area (Å²) in [6.07, 6.45) is 6.16. The van der Waals surface area contributed by atoms with E-state index in [0.717, 1.165) is 27.9 Å². The van der Waals surface area contributed by atoms with Crippen molar-refractivity contribution < 1.29 is 0 Å². The zero-order valence-electron chi connectivity index (χ0n) is 32.6. The van der Waals surface area contributed by atoms with E-state index in [2.05, 4.69) is 162 Å². The van der Waals surface area contributed by atoms with E-state index in [9.17, 15) is 0 Å². The predicted molar refractivity (Wildman–Crippen MR) is 243 cm³/mol. The maximum absolute atomic E-state index is 5.19. The van der Waals surface area contributed by atoms with Crippen LogP contribution in [0.3, 0.4) is 0 Å². The van der Waals surface area contributed by atoms with E-state index in [1.54, 1.807) is 0 Å². The average molecular weight is 757 g/mol. The molecule has 0 unspecified atom stereocenters. The van der Waals surface area contributed by atoms with Gasteiger partial charge in [-0.2, -0.15) is 0 Å². The first kappa shape index (κ1) is 33.9. The summed E-state index contributed by atoms with van der Waals surface area (Å²) in [6, 6.07) is 65.5. The lowest BCUT2D eigenvalue weighted by Crippen LogP contribution is -2.28. The molecule has 10 aromatic rings. The molecule has 1 saturated carbocycles. The molecule has 0 atom stereocenters. The van der Waals surface area contributed by atoms with Crippen LogP contribution in [0.2, 0.25) is 0 Å². The molecule has 0 saturated heterocycles. The topological polar surface area (TPSA) is 43.6 Å². The monoisotopic (exact) mass is 756 g/mol. The molecular formula is C55H40N4. The zero-order chi connectivity index (χ0) is 38.9. The predicted octanol–water partition coefficient (Wildman–Crippen LogP) is 14.0. The third-order valence-corrected chi connectivity index (χ3v) is 13.0. The van der Waals surface area contributed by atoms with Gasteiger partial charge in [0.25, 0.3) is 0 Å². The van der Waals surface area contributed by atoms with E-state index in [1.165, 1.54) is 92.5 Å². The van der Waals surface area contributed by atoms with E-state index in [0.29, 0.717) is 17.5 Å². The second-order valence-electron chi connectivity index (χ2n) is 16.2. The Balaban J connectivity index is 1.09. The Hall–Kier alpha value is -7.17. The van der Waals surface area contributed by atoms with Gasteiger partial charge < -0.3 is 4.57 Å². The number of rotatable bonds is 5. The third-order valence-electron chi connectivity index (χ3n) is 13.0. The highest BCUT2D eigenvalue weighted by Gasteiger charge is 2.46. The van der Waals surface area contributed by atoms with Gasteiger partial charge in [0.1, 0.15) is 0 Å². The molecule has 59 heavy (non-hydrogen) atoms. The molecule has 0 aliphatic heterocycles. The molecule has 280 valence electrons. The molecule has 2 aliphatic rings. The van der Waals surface area contributed by atoms with Crippen molar-refractivity contribution in [2.75, 3.05) is 0 Å². The number of aromatic nitrogens is 4. The Labute approximate surface area is 343 Å². The van der Waals surface area contributed by atoms with Crippen molar-refractivity contribution in [1.29, 1.82) is 0 Å². The lowest BCUT2D eigenvalue weighted by molar-refractivity contribution is 0.355. The van der Waals surface area contributed by atoms with Crippen LogP contribution in [0.1, 0.15) is 43.2 Å². The summed E-state index contributed by atoms with van der Waals surface area (Å²) < 4.78 is 2.51. The van der Waals surface area contributed by atoms with Crippen molar-refractivity contribution in [3.05, 3.63) is 193 Å². The highest BCUT2D eigenvalue weighted by atomic mass is 15.0. The number of benzene rings is 8. The standard InChI is InChI=1S/C55H40N4/c1-4-17-36(18-5-1)37-29-31-39(32-30-37)53-56-52(38-19-6-2-7-20-38)57-54(58-53)40-21-16-22-41(35-40)59-47-28-13-11-26-45(47)49-50-48(42-23-8-9-24-43(42)51(49)59)44-25-10-12-27-46(44)55(50)33-14-3-15-34-55/h1-2,4-13,16-32,35H,3,14-15,33-34H2. The molecule has 2 heterocycles. The smallest absolute Gasteiger partial charge is 0.164 e. The minimum atomic E-state index is -0.00230. The summed E-state index contributed by atoms with van der Waals surface area (Å²) in [5, 5.41) is 5.31. The number of hydrogen-bond donors (Lipinski definition) is 0. The Bertz CT molecular complexity index is 3230. The van der Waals surface area contributed by atoms with E-state index >= 15 is 0 Å². The molecule has 4 nitrogen and oxygen atoms in total. The van der Waals surface area contributed by atoms with Crippen LogP contribution in [-0.2, 0) is 5.41 Å². The number of fused-ring (bicyclic) bond motifs is 12. The fraction of sp³-hybridized carbons (Fsp3) is 0.109. The minimum absolute atomic E-state index is 0.00230. The van der Waals surface area contributed by atoms with Gasteiger partial charge in [0.15, 0.2) is 17.5 Å². The molecule has 0 bridgehead atoms. The largest absolute Gasteiger partial charge is 0.309 e. The molecular weight excluding hydrogens is 717 g/mol. The van der Waals surface area contributed by atoms with E-state index in [-0.39, 0.29) is 5.41 Å². The summed E-state index contributed by atoms with van der Waals surface area (Å²) in [4.78, 5) is 15.4. The third kappa shape index (κ3) is 5.26. The minimum Gasteiger partial charge on any atom is -0.309 e. The zero-order valence-corrected chi connectivity index (χ0v) is 32.6. The first-order chi connectivity index (χ1) is 29.2. The second kappa shape index (κ2) is 13.5. The van der Waals surface area contributed by atoms with E-state index < -0.39 is 0 Å². The van der Waals surface area contributed by atoms with Crippen LogP contribution in [0, 0.1) is 0 Å². The van der Waals surface area contributed by atoms with Gasteiger partial charge in [-0.25, -0.2) is 15.0 Å². The lowest BCUT2D eigenvalue weighted by atomic mass is 9.66. The molecule has 12 rings (SSSR count). The summed E-state index contributed by atoms with van der Waals surface area (Å²) >= 11 is 0. The van der Waals surface area contributed by atoms with Crippen LogP contribution >= 0.6 is 0 Å². The van der Waals surface area contributed by atoms with Crippen LogP contribution in [0.5, 0.6) is 0 Å². The number of para-hydroxylation sites is 1. The van der Waals surface area contributed by atoms with Crippen LogP contribution < -0.4 is 0 Å². The summed E-state index contributed by atoms with van der Waals surface area (Å²) in [7, 11) is 0. The van der Waals surface area contributed by atoms with Gasteiger partial charge in [-0.15, -0.1) is 0 Å². The van der Waals surface area contributed by atoms with Crippen molar-refractivity contribution >= 4 is 32.6 Å². The van der Waals surface area contributed by atoms with E-state index in [1.807, 2.05) is 24.3 Å². The van der Waals surface area contributed by atoms with E-state index in [4.69, 9.17) is 15.0 Å². The van der Waals surface area contributed by atoms with Crippen molar-refractivity contribution in [1.82, 2.24) is 19.5 Å². The molecule has 4 heteroatoms. The van der Waals surface area contributed by atoms with Crippen LogP contribution in [-0.4, -0.2) is 19.5 Å². The maximum Gasteiger partial charge on any atom is 0.164 e. The van der Waals surface area contributed by atoms with Gasteiger partial charge in [-0.1, -0.05) is 183 Å². The fourth-order valence-corrected chi connectivity index (χ4v) is 10.4. The maximum atomic E-state index is 5.19. The molecule has 2 aromatic heterocycles. The van der Waals surface area contributed by atoms with Crippen molar-refractivity contribution in [2.24, 2.45) is 0 Å². The van der Waals surface area contributed by atoms with Gasteiger partial charge in [0, 0.05) is 44.0 Å². The Morgan fingerprint density at radius 1 is 0.424 bits per heavy atom. The van der Waals surface area contributed by atoms with Crippen LogP contribution in [0.15, 0.2) is 182 Å². The Kier molecular flexibility index (Phi) is 7.74. The molecule has 8 aromatic carbocycles. The lowest BCUT2D eigenvalue weighted by Gasteiger charge is -2.36. The first-order valence-corrected chi connectivity index (χ1v) is 20.9. The van der Waals surface area contributed by atoms with Gasteiger partial charge in [-0.05, 0) is 69.8 Å². The molecule has 0 radical (unpaired) electrons. The molecule has 1 fully saturated rings. The Morgan fingerprint density at radius 2 is 0.966 bits per heavy atom. The van der Waals surface area contributed by atoms with Gasteiger partial charge in [0.2, 0.25) is 0 Å². The normalized spacial score (nSPS) is 14.2. The van der Waals surface area contributed by atoms with Crippen molar-refractivity contribution in [2.45, 2.75) is 37.5 Å². The van der Waals surface area contributed by atoms with Crippen LogP contribution in [0.25, 0.3) is 94.7 Å². The van der Waals surface area contributed by atoms with Crippen molar-refractivity contribution in [3.63, 3.8) is 0 Å².